The summed E-state index contributed by atoms with van der Waals surface area (Å²) < 4.78 is 10.8. The number of ketones is 1. The number of rotatable bonds is 4. The number of halogens is 2. The number of fused-ring (bicyclic) bond motifs is 1. The minimum Gasteiger partial charge on any atom is -0.461 e. The van der Waals surface area contributed by atoms with E-state index in [2.05, 4.69) is 15.9 Å². The van der Waals surface area contributed by atoms with Crippen LogP contribution in [0, 0.1) is 23.7 Å². The van der Waals surface area contributed by atoms with Crippen LogP contribution in [0.5, 0.6) is 0 Å². The van der Waals surface area contributed by atoms with Crippen molar-refractivity contribution >= 4 is 45.3 Å². The number of carbonyl (C=O) groups excluding carboxylic acids is 3. The molecule has 3 fully saturated rings. The number of carbonyl (C=O) groups is 3. The van der Waals surface area contributed by atoms with Crippen LogP contribution in [-0.2, 0) is 19.1 Å². The maximum Gasteiger partial charge on any atom is 0.310 e. The Morgan fingerprint density at radius 2 is 1.96 bits per heavy atom. The van der Waals surface area contributed by atoms with E-state index in [-0.39, 0.29) is 34.5 Å². The molecule has 1 saturated heterocycles. The molecule has 0 spiro atoms. The Kier molecular flexibility index (Phi) is 4.15. The van der Waals surface area contributed by atoms with Gasteiger partial charge in [-0.1, -0.05) is 27.5 Å². The predicted molar refractivity (Wildman–Crippen MR) is 92.5 cm³/mol. The summed E-state index contributed by atoms with van der Waals surface area (Å²) in [6, 6.07) is 6.42. The monoisotopic (exact) mass is 426 g/mol. The van der Waals surface area contributed by atoms with Gasteiger partial charge < -0.3 is 9.47 Å². The maximum absolute atomic E-state index is 12.7. The Hall–Kier alpha value is -1.40. The van der Waals surface area contributed by atoms with Crippen molar-refractivity contribution in [2.24, 2.45) is 23.7 Å². The number of alkyl halides is 1. The molecule has 5 nitrogen and oxygen atoms in total. The normalized spacial score (nSPS) is 36.2. The van der Waals surface area contributed by atoms with Gasteiger partial charge in [0.25, 0.3) is 0 Å². The van der Waals surface area contributed by atoms with E-state index in [4.69, 9.17) is 21.1 Å². The molecule has 0 unspecified atom stereocenters. The fourth-order valence-corrected chi connectivity index (χ4v) is 5.62. The number of Topliss-reactive ketones (excluding diaryl/α,β-unsaturated/α-hetero) is 1. The Bertz CT molecular complexity index is 748. The van der Waals surface area contributed by atoms with Gasteiger partial charge in [0.2, 0.25) is 5.78 Å². The van der Waals surface area contributed by atoms with Crippen molar-refractivity contribution in [1.82, 2.24) is 0 Å². The second-order valence-corrected chi connectivity index (χ2v) is 8.40. The van der Waals surface area contributed by atoms with E-state index in [0.29, 0.717) is 10.6 Å². The van der Waals surface area contributed by atoms with E-state index in [1.165, 1.54) is 0 Å². The van der Waals surface area contributed by atoms with Crippen LogP contribution in [0.15, 0.2) is 24.3 Å². The highest BCUT2D eigenvalue weighted by Crippen LogP contribution is 2.60. The van der Waals surface area contributed by atoms with Crippen molar-refractivity contribution in [3.63, 3.8) is 0 Å². The van der Waals surface area contributed by atoms with Crippen LogP contribution in [0.2, 0.25) is 5.02 Å². The van der Waals surface area contributed by atoms with Crippen molar-refractivity contribution in [2.75, 3.05) is 0 Å². The van der Waals surface area contributed by atoms with Gasteiger partial charge in [0.05, 0.1) is 16.7 Å². The molecule has 1 heterocycles. The summed E-state index contributed by atoms with van der Waals surface area (Å²) in [6.45, 7) is 1.55. The highest BCUT2D eigenvalue weighted by atomic mass is 79.9. The Morgan fingerprint density at radius 1 is 1.28 bits per heavy atom. The van der Waals surface area contributed by atoms with Gasteiger partial charge in [-0.15, -0.1) is 0 Å². The van der Waals surface area contributed by atoms with Crippen LogP contribution in [-0.4, -0.2) is 34.8 Å². The van der Waals surface area contributed by atoms with Gasteiger partial charge >= 0.3 is 11.9 Å². The third kappa shape index (κ3) is 2.61. The lowest BCUT2D eigenvalue weighted by molar-refractivity contribution is -0.157. The molecule has 132 valence electrons. The van der Waals surface area contributed by atoms with E-state index in [1.54, 1.807) is 31.2 Å². The molecular formula is C18H16BrClO5. The second kappa shape index (κ2) is 6.09. The number of benzene rings is 1. The minimum absolute atomic E-state index is 0.0109. The van der Waals surface area contributed by atoms with Crippen LogP contribution in [0.4, 0.5) is 0 Å². The summed E-state index contributed by atoms with van der Waals surface area (Å²) in [4.78, 5) is 37.2. The number of hydrogen-bond donors (Lipinski definition) is 0. The van der Waals surface area contributed by atoms with Crippen LogP contribution in [0.25, 0.3) is 0 Å². The Balaban J connectivity index is 1.48. The lowest BCUT2D eigenvalue weighted by atomic mass is 9.80. The molecule has 4 rings (SSSR count). The molecule has 0 radical (unpaired) electrons. The van der Waals surface area contributed by atoms with E-state index >= 15 is 0 Å². The molecule has 7 heteroatoms. The van der Waals surface area contributed by atoms with Crippen molar-refractivity contribution in [3.05, 3.63) is 34.9 Å². The zero-order valence-electron chi connectivity index (χ0n) is 13.4. The molecule has 2 bridgehead atoms. The van der Waals surface area contributed by atoms with Gasteiger partial charge in [0, 0.05) is 16.5 Å². The van der Waals surface area contributed by atoms with Crippen molar-refractivity contribution in [1.29, 1.82) is 0 Å². The van der Waals surface area contributed by atoms with Crippen molar-refractivity contribution in [3.8, 4) is 0 Å². The molecule has 0 N–H and O–H groups in total. The smallest absolute Gasteiger partial charge is 0.310 e. The summed E-state index contributed by atoms with van der Waals surface area (Å²) in [6.07, 6.45) is -0.287. The van der Waals surface area contributed by atoms with Gasteiger partial charge in [0.1, 0.15) is 6.10 Å². The third-order valence-electron chi connectivity index (χ3n) is 5.59. The first-order valence-electron chi connectivity index (χ1n) is 8.23. The third-order valence-corrected chi connectivity index (χ3v) is 7.04. The average molecular weight is 428 g/mol. The van der Waals surface area contributed by atoms with Gasteiger partial charge in [-0.3, -0.25) is 14.4 Å². The zero-order valence-corrected chi connectivity index (χ0v) is 15.7. The lowest BCUT2D eigenvalue weighted by Crippen LogP contribution is -2.40. The average Bonchev–Trinajstić information content (AvgIpc) is 3.19. The first-order valence-corrected chi connectivity index (χ1v) is 9.52. The molecule has 1 aliphatic heterocycles. The number of esters is 2. The van der Waals surface area contributed by atoms with Crippen molar-refractivity contribution in [2.45, 2.75) is 30.4 Å². The molecule has 1 aromatic rings. The number of ether oxygens (including phenoxy) is 2. The zero-order chi connectivity index (χ0) is 17.9. The van der Waals surface area contributed by atoms with E-state index in [0.717, 1.165) is 6.42 Å². The molecular weight excluding hydrogens is 412 g/mol. The summed E-state index contributed by atoms with van der Waals surface area (Å²) in [5.74, 6) is -2.00. The molecule has 0 aromatic heterocycles. The van der Waals surface area contributed by atoms with Crippen LogP contribution in [0.1, 0.15) is 23.7 Å². The highest BCUT2D eigenvalue weighted by Gasteiger charge is 2.68. The van der Waals surface area contributed by atoms with E-state index in [9.17, 15) is 14.4 Å². The van der Waals surface area contributed by atoms with E-state index in [1.807, 2.05) is 0 Å². The second-order valence-electron chi connectivity index (χ2n) is 6.91. The topological polar surface area (TPSA) is 69.7 Å². The largest absolute Gasteiger partial charge is 0.461 e. The lowest BCUT2D eigenvalue weighted by Gasteiger charge is -2.27. The number of hydrogen-bond acceptors (Lipinski definition) is 5. The van der Waals surface area contributed by atoms with Crippen LogP contribution >= 0.6 is 27.5 Å². The van der Waals surface area contributed by atoms with Gasteiger partial charge in [-0.2, -0.15) is 0 Å². The van der Waals surface area contributed by atoms with Gasteiger partial charge in [-0.25, -0.2) is 0 Å². The molecule has 2 saturated carbocycles. The molecule has 1 aromatic carbocycles. The predicted octanol–water partition coefficient (Wildman–Crippen LogP) is 3.03. The minimum atomic E-state index is -0.921. The Labute approximate surface area is 158 Å². The first-order chi connectivity index (χ1) is 11.9. The molecule has 0 amide bonds. The quantitative estimate of drug-likeness (QED) is 0.420. The molecule has 2 aliphatic carbocycles. The summed E-state index contributed by atoms with van der Waals surface area (Å²) >= 11 is 9.38. The molecule has 3 aliphatic rings. The fourth-order valence-electron chi connectivity index (χ4n) is 4.45. The highest BCUT2D eigenvalue weighted by molar-refractivity contribution is 9.09. The first kappa shape index (κ1) is 17.0. The fraction of sp³-hybridized carbons (Fsp3) is 0.500. The van der Waals surface area contributed by atoms with Crippen molar-refractivity contribution < 1.29 is 23.9 Å². The van der Waals surface area contributed by atoms with Gasteiger partial charge in [0.15, 0.2) is 6.10 Å². The van der Waals surface area contributed by atoms with Crippen LogP contribution in [0.3, 0.4) is 0 Å². The van der Waals surface area contributed by atoms with Crippen LogP contribution < -0.4 is 0 Å². The van der Waals surface area contributed by atoms with E-state index < -0.39 is 23.9 Å². The molecule has 7 atom stereocenters. The maximum atomic E-state index is 12.7. The summed E-state index contributed by atoms with van der Waals surface area (Å²) in [7, 11) is 0. The summed E-state index contributed by atoms with van der Waals surface area (Å²) in [5.41, 5.74) is 0.427. The SMILES string of the molecule is C[C@H](OC(=O)[C@@H]1[C@H]2C[C@H]3[C@H](OC(=O)[C@@H]31)[C@@H]2Br)C(=O)c1ccc(Cl)cc1. The summed E-state index contributed by atoms with van der Waals surface area (Å²) in [5, 5.41) is 0.529. The standard InChI is InChI=1S/C18H16BrClO5/c1-7(15(21)8-2-4-9(20)5-3-8)24-17(22)12-10-6-11-13(12)18(23)25-16(11)14(10)19/h2-5,7,10-14,16H,6H2,1H3/t7-,10+,11+,12+,13-,14+,16-/m0/s1. The molecule has 25 heavy (non-hydrogen) atoms. The Morgan fingerprint density at radius 3 is 2.64 bits per heavy atom. The van der Waals surface area contributed by atoms with Gasteiger partial charge in [-0.05, 0) is 43.5 Å².